The summed E-state index contributed by atoms with van der Waals surface area (Å²) in [7, 11) is -4.36. The van der Waals surface area contributed by atoms with Gasteiger partial charge in [0.15, 0.2) is 0 Å². The highest BCUT2D eigenvalue weighted by Gasteiger charge is 2.45. The standard InChI is InChI=1S/C12H13ClF3NO3S/c13-10-4-1-8(6-18)5-11(10)21(19,20)17(9-2-3-9)7-12(14,15)16/h1,4-5,9,18H,2-3,6-7H2. The normalized spacial score (nSPS) is 16.5. The molecular weight excluding hydrogens is 331 g/mol. The van der Waals surface area contributed by atoms with Crippen LogP contribution in [-0.4, -0.2) is 36.6 Å². The minimum Gasteiger partial charge on any atom is -0.392 e. The first-order valence-corrected chi connectivity index (χ1v) is 7.95. The van der Waals surface area contributed by atoms with Crippen LogP contribution >= 0.6 is 11.6 Å². The molecule has 118 valence electrons. The zero-order valence-electron chi connectivity index (χ0n) is 10.8. The summed E-state index contributed by atoms with van der Waals surface area (Å²) >= 11 is 5.81. The number of hydrogen-bond donors (Lipinski definition) is 1. The predicted molar refractivity (Wildman–Crippen MR) is 70.3 cm³/mol. The van der Waals surface area contributed by atoms with E-state index in [1.54, 1.807) is 0 Å². The maximum Gasteiger partial charge on any atom is 0.402 e. The van der Waals surface area contributed by atoms with Crippen molar-refractivity contribution in [2.45, 2.75) is 36.6 Å². The highest BCUT2D eigenvalue weighted by atomic mass is 35.5. The van der Waals surface area contributed by atoms with Crippen molar-refractivity contribution in [3.05, 3.63) is 28.8 Å². The summed E-state index contributed by atoms with van der Waals surface area (Å²) in [5.41, 5.74) is 0.265. The van der Waals surface area contributed by atoms with E-state index in [0.29, 0.717) is 17.1 Å². The van der Waals surface area contributed by atoms with Gasteiger partial charge in [-0.1, -0.05) is 17.7 Å². The number of aliphatic hydroxyl groups excluding tert-OH is 1. The summed E-state index contributed by atoms with van der Waals surface area (Å²) in [6.45, 7) is -1.97. The summed E-state index contributed by atoms with van der Waals surface area (Å²) in [6, 6.07) is 3.11. The van der Waals surface area contributed by atoms with E-state index in [4.69, 9.17) is 16.7 Å². The van der Waals surface area contributed by atoms with E-state index in [0.717, 1.165) is 6.07 Å². The summed E-state index contributed by atoms with van der Waals surface area (Å²) in [6.07, 6.45) is -3.84. The quantitative estimate of drug-likeness (QED) is 0.894. The van der Waals surface area contributed by atoms with Crippen molar-refractivity contribution < 1.29 is 26.7 Å². The average Bonchev–Trinajstić information content (AvgIpc) is 3.19. The van der Waals surface area contributed by atoms with Gasteiger partial charge in [0.25, 0.3) is 0 Å². The van der Waals surface area contributed by atoms with Crippen LogP contribution in [0.5, 0.6) is 0 Å². The minimum absolute atomic E-state index is 0.167. The molecule has 1 fully saturated rings. The molecule has 0 saturated heterocycles. The van der Waals surface area contributed by atoms with Gasteiger partial charge in [-0.2, -0.15) is 17.5 Å². The van der Waals surface area contributed by atoms with Crippen molar-refractivity contribution in [3.63, 3.8) is 0 Å². The van der Waals surface area contributed by atoms with E-state index in [1.165, 1.54) is 12.1 Å². The molecule has 0 amide bonds. The summed E-state index contributed by atoms with van der Waals surface area (Å²) in [4.78, 5) is -0.410. The number of hydrogen-bond acceptors (Lipinski definition) is 3. The van der Waals surface area contributed by atoms with E-state index in [-0.39, 0.29) is 10.6 Å². The van der Waals surface area contributed by atoms with Crippen molar-refractivity contribution in [1.82, 2.24) is 4.31 Å². The largest absolute Gasteiger partial charge is 0.402 e. The molecule has 9 heteroatoms. The molecule has 0 radical (unpaired) electrons. The lowest BCUT2D eigenvalue weighted by molar-refractivity contribution is -0.137. The Bertz CT molecular complexity index is 629. The molecule has 0 heterocycles. The van der Waals surface area contributed by atoms with Crippen molar-refractivity contribution in [1.29, 1.82) is 0 Å². The second kappa shape index (κ2) is 5.75. The van der Waals surface area contributed by atoms with E-state index >= 15 is 0 Å². The van der Waals surface area contributed by atoms with Crippen molar-refractivity contribution in [2.24, 2.45) is 0 Å². The molecule has 0 atom stereocenters. The second-order valence-corrected chi connectivity index (χ2v) is 7.09. The molecule has 1 N–H and O–H groups in total. The van der Waals surface area contributed by atoms with Crippen LogP contribution in [0.4, 0.5) is 13.2 Å². The van der Waals surface area contributed by atoms with Crippen molar-refractivity contribution >= 4 is 21.6 Å². The molecule has 1 aromatic carbocycles. The van der Waals surface area contributed by atoms with Gasteiger partial charge in [-0.05, 0) is 30.5 Å². The van der Waals surface area contributed by atoms with E-state index < -0.39 is 40.3 Å². The van der Waals surface area contributed by atoms with Gasteiger partial charge in [0, 0.05) is 6.04 Å². The van der Waals surface area contributed by atoms with Gasteiger partial charge < -0.3 is 5.11 Å². The van der Waals surface area contributed by atoms with Gasteiger partial charge in [0.05, 0.1) is 11.6 Å². The van der Waals surface area contributed by atoms with Crippen molar-refractivity contribution in [3.8, 4) is 0 Å². The first kappa shape index (κ1) is 16.5. The molecular formula is C12H13ClF3NO3S. The molecule has 2 rings (SSSR count). The Morgan fingerprint density at radius 1 is 1.33 bits per heavy atom. The number of benzene rings is 1. The van der Waals surface area contributed by atoms with Gasteiger partial charge in [-0.15, -0.1) is 0 Å². The van der Waals surface area contributed by atoms with Crippen LogP contribution in [-0.2, 0) is 16.6 Å². The Morgan fingerprint density at radius 2 is 1.95 bits per heavy atom. The van der Waals surface area contributed by atoms with Gasteiger partial charge in [-0.25, -0.2) is 8.42 Å². The third kappa shape index (κ3) is 3.88. The van der Waals surface area contributed by atoms with Crippen LogP contribution in [0.25, 0.3) is 0 Å². The lowest BCUT2D eigenvalue weighted by Gasteiger charge is -2.23. The maximum absolute atomic E-state index is 12.6. The van der Waals surface area contributed by atoms with E-state index in [9.17, 15) is 21.6 Å². The fourth-order valence-corrected chi connectivity index (χ4v) is 4.12. The topological polar surface area (TPSA) is 57.6 Å². The number of aliphatic hydroxyl groups is 1. The number of nitrogens with zero attached hydrogens (tertiary/aromatic N) is 1. The Hall–Kier alpha value is -0.830. The number of halogens is 4. The average molecular weight is 344 g/mol. The summed E-state index contributed by atoms with van der Waals surface area (Å²) < 4.78 is 63.1. The summed E-state index contributed by atoms with van der Waals surface area (Å²) in [5, 5.41) is 8.87. The Morgan fingerprint density at radius 3 is 2.43 bits per heavy atom. The van der Waals surface area contributed by atoms with Crippen molar-refractivity contribution in [2.75, 3.05) is 6.54 Å². The van der Waals surface area contributed by atoms with Crippen LogP contribution in [0.3, 0.4) is 0 Å². The number of alkyl halides is 3. The van der Waals surface area contributed by atoms with Crippen LogP contribution in [0, 0.1) is 0 Å². The lowest BCUT2D eigenvalue weighted by atomic mass is 10.2. The molecule has 0 spiro atoms. The third-order valence-corrected chi connectivity index (χ3v) is 5.43. The Kier molecular flexibility index (Phi) is 4.53. The fraction of sp³-hybridized carbons (Fsp3) is 0.500. The maximum atomic E-state index is 12.6. The predicted octanol–water partition coefficient (Wildman–Crippen LogP) is 2.55. The Balaban J connectivity index is 2.43. The third-order valence-electron chi connectivity index (χ3n) is 3.05. The Labute approximate surface area is 125 Å². The molecule has 1 saturated carbocycles. The highest BCUT2D eigenvalue weighted by Crippen LogP contribution is 2.36. The zero-order chi connectivity index (χ0) is 15.8. The van der Waals surface area contributed by atoms with Gasteiger partial charge in [0.2, 0.25) is 10.0 Å². The SMILES string of the molecule is O=S(=O)(c1cc(CO)ccc1Cl)N(CC(F)(F)F)C1CC1. The molecule has 0 aromatic heterocycles. The van der Waals surface area contributed by atoms with Gasteiger partial charge >= 0.3 is 6.18 Å². The first-order chi connectivity index (χ1) is 9.65. The first-order valence-electron chi connectivity index (χ1n) is 6.13. The molecule has 1 aromatic rings. The minimum atomic E-state index is -4.63. The zero-order valence-corrected chi connectivity index (χ0v) is 12.3. The van der Waals surface area contributed by atoms with Gasteiger partial charge in [-0.3, -0.25) is 0 Å². The monoisotopic (exact) mass is 343 g/mol. The molecule has 0 aliphatic heterocycles. The van der Waals surface area contributed by atoms with Crippen LogP contribution in [0.15, 0.2) is 23.1 Å². The molecule has 0 unspecified atom stereocenters. The highest BCUT2D eigenvalue weighted by molar-refractivity contribution is 7.89. The molecule has 1 aliphatic carbocycles. The van der Waals surface area contributed by atoms with Crippen LogP contribution in [0.2, 0.25) is 5.02 Å². The smallest absolute Gasteiger partial charge is 0.392 e. The summed E-state index contributed by atoms with van der Waals surface area (Å²) in [5.74, 6) is 0. The van der Waals surface area contributed by atoms with E-state index in [1.807, 2.05) is 0 Å². The fourth-order valence-electron chi connectivity index (χ4n) is 1.92. The number of rotatable bonds is 5. The van der Waals surface area contributed by atoms with Gasteiger partial charge in [0.1, 0.15) is 11.4 Å². The number of sulfonamides is 1. The second-order valence-electron chi connectivity index (χ2n) is 4.82. The molecule has 0 bridgehead atoms. The van der Waals surface area contributed by atoms with Crippen LogP contribution in [0.1, 0.15) is 18.4 Å². The van der Waals surface area contributed by atoms with Crippen LogP contribution < -0.4 is 0 Å². The van der Waals surface area contributed by atoms with E-state index in [2.05, 4.69) is 0 Å². The molecule has 1 aliphatic rings. The molecule has 21 heavy (non-hydrogen) atoms. The lowest BCUT2D eigenvalue weighted by Crippen LogP contribution is -2.40. The molecule has 4 nitrogen and oxygen atoms in total.